The molecule has 0 saturated carbocycles. The summed E-state index contributed by atoms with van der Waals surface area (Å²) in [6.07, 6.45) is 0. The van der Waals surface area contributed by atoms with E-state index in [-0.39, 0.29) is 17.7 Å². The molecule has 0 bridgehead atoms. The van der Waals surface area contributed by atoms with Gasteiger partial charge in [0.05, 0.1) is 23.1 Å². The van der Waals surface area contributed by atoms with Gasteiger partial charge in [-0.1, -0.05) is 23.7 Å². The van der Waals surface area contributed by atoms with E-state index >= 15 is 0 Å². The number of halogens is 1. The lowest BCUT2D eigenvalue weighted by Crippen LogP contribution is -2.52. The van der Waals surface area contributed by atoms with E-state index in [1.54, 1.807) is 14.1 Å². The van der Waals surface area contributed by atoms with Gasteiger partial charge in [0.15, 0.2) is 0 Å². The quantitative estimate of drug-likeness (QED) is 0.830. The molecule has 148 valence electrons. The van der Waals surface area contributed by atoms with Crippen LogP contribution in [0.1, 0.15) is 26.7 Å². The Balaban J connectivity index is 1.80. The summed E-state index contributed by atoms with van der Waals surface area (Å²) in [5.74, 6) is -0.575. The highest BCUT2D eigenvalue weighted by Crippen LogP contribution is 2.42. The number of ether oxygens (including phenoxy) is 1. The minimum absolute atomic E-state index is 0.127. The molecular weight excluding hydrogens is 398 g/mol. The maximum absolute atomic E-state index is 12.9. The predicted octanol–water partition coefficient (Wildman–Crippen LogP) is 2.57. The summed E-state index contributed by atoms with van der Waals surface area (Å²) in [6.45, 7) is 2.95. The number of benzene rings is 1. The third-order valence-corrected chi connectivity index (χ3v) is 6.63. The lowest BCUT2D eigenvalue weighted by Gasteiger charge is -2.33. The van der Waals surface area contributed by atoms with E-state index in [4.69, 9.17) is 16.3 Å². The maximum Gasteiger partial charge on any atom is 0.262 e. The molecule has 1 aromatic heterocycles. The topological polar surface area (TPSA) is 61.9 Å². The van der Waals surface area contributed by atoms with E-state index in [0.717, 1.165) is 29.2 Å². The fraction of sp³-hybridized carbons (Fsp3) is 0.400. The monoisotopic (exact) mass is 419 g/mol. The van der Waals surface area contributed by atoms with Crippen molar-refractivity contribution in [3.63, 3.8) is 0 Å². The number of fused-ring (bicyclic) bond motifs is 1. The van der Waals surface area contributed by atoms with Crippen molar-refractivity contribution in [3.05, 3.63) is 51.4 Å². The summed E-state index contributed by atoms with van der Waals surface area (Å²) < 4.78 is 5.44. The van der Waals surface area contributed by atoms with Crippen LogP contribution in [0, 0.1) is 0 Å². The normalized spacial score (nSPS) is 21.8. The summed E-state index contributed by atoms with van der Waals surface area (Å²) in [5.41, 5.74) is 1.86. The van der Waals surface area contributed by atoms with E-state index < -0.39 is 6.04 Å². The van der Waals surface area contributed by atoms with Crippen LogP contribution in [0.5, 0.6) is 0 Å². The lowest BCUT2D eigenvalue weighted by atomic mass is 9.82. The molecule has 0 unspecified atom stereocenters. The summed E-state index contributed by atoms with van der Waals surface area (Å²) in [4.78, 5) is 30.1. The first-order valence-electron chi connectivity index (χ1n) is 9.19. The minimum atomic E-state index is -0.650. The first-order valence-corrected chi connectivity index (χ1v) is 10.4. The van der Waals surface area contributed by atoms with Crippen molar-refractivity contribution >= 4 is 39.8 Å². The van der Waals surface area contributed by atoms with Gasteiger partial charge in [-0.2, -0.15) is 0 Å². The molecule has 4 rings (SSSR count). The molecule has 0 radical (unpaired) electrons. The first kappa shape index (κ1) is 19.2. The Morgan fingerprint density at radius 1 is 1.25 bits per heavy atom. The smallest absolute Gasteiger partial charge is 0.262 e. The number of carbonyl (C=O) groups excluding carboxylic acids is 2. The van der Waals surface area contributed by atoms with Crippen molar-refractivity contribution in [2.75, 3.05) is 45.3 Å². The van der Waals surface area contributed by atoms with Crippen molar-refractivity contribution < 1.29 is 14.3 Å². The largest absolute Gasteiger partial charge is 0.378 e. The second-order valence-corrected chi connectivity index (χ2v) is 8.65. The minimum Gasteiger partial charge on any atom is -0.378 e. The van der Waals surface area contributed by atoms with Gasteiger partial charge in [-0.15, -0.1) is 11.3 Å². The van der Waals surface area contributed by atoms with Gasteiger partial charge in [0.1, 0.15) is 6.04 Å². The number of amides is 2. The van der Waals surface area contributed by atoms with E-state index in [1.165, 1.54) is 16.2 Å². The Kier molecular flexibility index (Phi) is 5.31. The summed E-state index contributed by atoms with van der Waals surface area (Å²) in [5, 5.41) is 4.62. The van der Waals surface area contributed by atoms with Gasteiger partial charge in [0, 0.05) is 38.1 Å². The van der Waals surface area contributed by atoms with E-state index in [0.29, 0.717) is 23.1 Å². The molecule has 2 aliphatic rings. The van der Waals surface area contributed by atoms with Crippen molar-refractivity contribution in [3.8, 4) is 0 Å². The number of likely N-dealkylation sites (N-methyl/N-ethyl adjacent to an activating group) is 1. The highest BCUT2D eigenvalue weighted by Gasteiger charge is 2.41. The fourth-order valence-electron chi connectivity index (χ4n) is 3.73. The molecular formula is C20H22ClN3O3S. The van der Waals surface area contributed by atoms with Gasteiger partial charge in [-0.25, -0.2) is 0 Å². The molecule has 1 fully saturated rings. The fourth-order valence-corrected chi connectivity index (χ4v) is 5.02. The molecule has 6 nitrogen and oxygen atoms in total. The van der Waals surface area contributed by atoms with Crippen LogP contribution in [-0.2, 0) is 9.53 Å². The molecule has 8 heteroatoms. The number of hydrogen-bond acceptors (Lipinski definition) is 5. The van der Waals surface area contributed by atoms with Crippen LogP contribution < -0.4 is 10.2 Å². The molecule has 2 amide bonds. The van der Waals surface area contributed by atoms with Crippen LogP contribution in [0.25, 0.3) is 0 Å². The molecule has 28 heavy (non-hydrogen) atoms. The van der Waals surface area contributed by atoms with Crippen LogP contribution in [0.2, 0.25) is 5.02 Å². The predicted molar refractivity (Wildman–Crippen MR) is 111 cm³/mol. The molecule has 2 aliphatic heterocycles. The van der Waals surface area contributed by atoms with Gasteiger partial charge < -0.3 is 19.9 Å². The van der Waals surface area contributed by atoms with E-state index in [1.807, 2.05) is 24.3 Å². The average Bonchev–Trinajstić information content (AvgIpc) is 3.15. The van der Waals surface area contributed by atoms with Gasteiger partial charge in [-0.3, -0.25) is 9.59 Å². The zero-order valence-electron chi connectivity index (χ0n) is 15.8. The molecule has 2 aromatic rings. The zero-order valence-corrected chi connectivity index (χ0v) is 17.3. The SMILES string of the molecule is CN(C)C(=O)[C@@H]1NC(=O)c2sc(N3CCOCC3)cc2[C@H]1c1ccc(Cl)cc1. The standard InChI is InChI=1S/C20H22ClN3O3S/c1-23(2)20(26)17-16(12-3-5-13(21)6-4-12)14-11-15(24-7-9-27-10-8-24)28-18(14)19(25)22-17/h3-6,11,16-17H,7-10H2,1-2H3,(H,22,25)/t16-,17-/m1/s1. The van der Waals surface area contributed by atoms with Gasteiger partial charge >= 0.3 is 0 Å². The lowest BCUT2D eigenvalue weighted by molar-refractivity contribution is -0.131. The second kappa shape index (κ2) is 7.73. The molecule has 0 spiro atoms. The van der Waals surface area contributed by atoms with Crippen LogP contribution in [0.15, 0.2) is 30.3 Å². The summed E-state index contributed by atoms with van der Waals surface area (Å²) in [7, 11) is 3.41. The van der Waals surface area contributed by atoms with Gasteiger partial charge in [0.2, 0.25) is 5.91 Å². The highest BCUT2D eigenvalue weighted by molar-refractivity contribution is 7.18. The van der Waals surface area contributed by atoms with Crippen LogP contribution >= 0.6 is 22.9 Å². The van der Waals surface area contributed by atoms with Crippen molar-refractivity contribution in [1.29, 1.82) is 0 Å². The first-order chi connectivity index (χ1) is 13.5. The van der Waals surface area contributed by atoms with Crippen molar-refractivity contribution in [2.24, 2.45) is 0 Å². The molecule has 1 N–H and O–H groups in total. The average molecular weight is 420 g/mol. The number of nitrogens with zero attached hydrogens (tertiary/aromatic N) is 2. The number of hydrogen-bond donors (Lipinski definition) is 1. The number of morpholine rings is 1. The Labute approximate surface area is 173 Å². The molecule has 1 saturated heterocycles. The maximum atomic E-state index is 12.9. The summed E-state index contributed by atoms with van der Waals surface area (Å²) in [6, 6.07) is 8.91. The molecule has 3 heterocycles. The van der Waals surface area contributed by atoms with Crippen LogP contribution in [0.4, 0.5) is 5.00 Å². The van der Waals surface area contributed by atoms with Gasteiger partial charge in [0.25, 0.3) is 5.91 Å². The summed E-state index contributed by atoms with van der Waals surface area (Å²) >= 11 is 7.55. The second-order valence-electron chi connectivity index (χ2n) is 7.18. The zero-order chi connectivity index (χ0) is 19.8. The van der Waals surface area contributed by atoms with E-state index in [9.17, 15) is 9.59 Å². The van der Waals surface area contributed by atoms with Gasteiger partial charge in [-0.05, 0) is 29.3 Å². The van der Waals surface area contributed by atoms with E-state index in [2.05, 4.69) is 16.3 Å². The third-order valence-electron chi connectivity index (χ3n) is 5.17. The Morgan fingerprint density at radius 2 is 1.93 bits per heavy atom. The third kappa shape index (κ3) is 3.50. The number of nitrogens with one attached hydrogen (secondary N) is 1. The van der Waals surface area contributed by atoms with Crippen LogP contribution in [-0.4, -0.2) is 63.2 Å². The Bertz CT molecular complexity index is 891. The Hall–Kier alpha value is -2.09. The molecule has 2 atom stereocenters. The number of rotatable bonds is 3. The van der Waals surface area contributed by atoms with Crippen molar-refractivity contribution in [1.82, 2.24) is 10.2 Å². The van der Waals surface area contributed by atoms with Crippen LogP contribution in [0.3, 0.4) is 0 Å². The number of thiophene rings is 1. The number of carbonyl (C=O) groups is 2. The van der Waals surface area contributed by atoms with Crippen molar-refractivity contribution in [2.45, 2.75) is 12.0 Å². The number of anilines is 1. The Morgan fingerprint density at radius 3 is 2.57 bits per heavy atom. The molecule has 0 aliphatic carbocycles. The highest BCUT2D eigenvalue weighted by atomic mass is 35.5. The molecule has 1 aromatic carbocycles.